The largest absolute Gasteiger partial charge is 0.321 e. The van der Waals surface area contributed by atoms with Crippen LogP contribution in [-0.2, 0) is 6.42 Å². The van der Waals surface area contributed by atoms with E-state index < -0.39 is 0 Å². The second-order valence-electron chi connectivity index (χ2n) is 6.20. The van der Waals surface area contributed by atoms with E-state index in [0.29, 0.717) is 22.2 Å². The van der Waals surface area contributed by atoms with Crippen molar-refractivity contribution in [1.29, 1.82) is 0 Å². The van der Waals surface area contributed by atoms with Crippen LogP contribution < -0.4 is 10.6 Å². The number of carbonyl (C=O) groups excluding carboxylic acids is 1. The van der Waals surface area contributed by atoms with Gasteiger partial charge in [-0.25, -0.2) is 0 Å². The first kappa shape index (κ1) is 16.0. The Kier molecular flexibility index (Phi) is 4.99. The predicted octanol–water partition coefficient (Wildman–Crippen LogP) is 4.05. The minimum absolute atomic E-state index is 0.133. The summed E-state index contributed by atoms with van der Waals surface area (Å²) in [6.07, 6.45) is 2.30. The summed E-state index contributed by atoms with van der Waals surface area (Å²) < 4.78 is 0. The molecule has 4 heteroatoms. The minimum atomic E-state index is -0.133. The van der Waals surface area contributed by atoms with Gasteiger partial charge < -0.3 is 10.6 Å². The molecule has 1 fully saturated rings. The Morgan fingerprint density at radius 3 is 2.74 bits per heavy atom. The number of carbonyl (C=O) groups is 1. The average Bonchev–Trinajstić information content (AvgIpc) is 3.04. The molecule has 1 amide bonds. The Morgan fingerprint density at radius 1 is 1.26 bits per heavy atom. The van der Waals surface area contributed by atoms with Crippen molar-refractivity contribution in [2.45, 2.75) is 19.8 Å². The van der Waals surface area contributed by atoms with Gasteiger partial charge in [-0.15, -0.1) is 0 Å². The maximum Gasteiger partial charge on any atom is 0.255 e. The summed E-state index contributed by atoms with van der Waals surface area (Å²) in [5, 5.41) is 6.81. The van der Waals surface area contributed by atoms with Gasteiger partial charge in [0.1, 0.15) is 0 Å². The molecule has 3 rings (SSSR count). The number of amides is 1. The quantitative estimate of drug-likeness (QED) is 0.889. The summed E-state index contributed by atoms with van der Waals surface area (Å²) >= 11 is 6.13. The monoisotopic (exact) mass is 328 g/mol. The van der Waals surface area contributed by atoms with E-state index in [4.69, 9.17) is 11.6 Å². The Labute approximate surface area is 142 Å². The van der Waals surface area contributed by atoms with E-state index in [2.05, 4.69) is 10.6 Å². The average molecular weight is 329 g/mol. The molecule has 2 N–H and O–H groups in total. The highest BCUT2D eigenvalue weighted by atomic mass is 35.5. The third kappa shape index (κ3) is 4.12. The summed E-state index contributed by atoms with van der Waals surface area (Å²) in [6.45, 7) is 4.18. The summed E-state index contributed by atoms with van der Waals surface area (Å²) in [4.78, 5) is 12.4. The van der Waals surface area contributed by atoms with E-state index in [1.165, 1.54) is 12.0 Å². The van der Waals surface area contributed by atoms with Crippen LogP contribution in [0.4, 0.5) is 5.69 Å². The maximum absolute atomic E-state index is 12.4. The molecule has 0 aliphatic carbocycles. The first-order valence-corrected chi connectivity index (χ1v) is 8.37. The van der Waals surface area contributed by atoms with Gasteiger partial charge >= 0.3 is 0 Å². The summed E-state index contributed by atoms with van der Waals surface area (Å²) in [5.41, 5.74) is 3.64. The highest BCUT2D eigenvalue weighted by molar-refractivity contribution is 6.33. The second kappa shape index (κ2) is 7.16. The van der Waals surface area contributed by atoms with Gasteiger partial charge in [0.25, 0.3) is 5.91 Å². The van der Waals surface area contributed by atoms with E-state index in [9.17, 15) is 4.79 Å². The van der Waals surface area contributed by atoms with Crippen LogP contribution in [0.3, 0.4) is 0 Å². The van der Waals surface area contributed by atoms with E-state index in [1.807, 2.05) is 43.3 Å². The SMILES string of the molecule is Cc1ccc(Cl)c(NC(=O)c2ccc(CC3CCNC3)cc2)c1. The number of nitrogens with one attached hydrogen (secondary N) is 2. The third-order valence-corrected chi connectivity index (χ3v) is 4.60. The van der Waals surface area contributed by atoms with Crippen LogP contribution in [0.1, 0.15) is 27.9 Å². The molecule has 1 aliphatic heterocycles. The molecule has 1 aliphatic rings. The van der Waals surface area contributed by atoms with E-state index in [-0.39, 0.29) is 5.91 Å². The molecule has 0 radical (unpaired) electrons. The van der Waals surface area contributed by atoms with Crippen LogP contribution in [0.2, 0.25) is 5.02 Å². The minimum Gasteiger partial charge on any atom is -0.321 e. The van der Waals surface area contributed by atoms with Crippen LogP contribution in [0.15, 0.2) is 42.5 Å². The number of hydrogen-bond donors (Lipinski definition) is 2. The van der Waals surface area contributed by atoms with Crippen molar-refractivity contribution in [2.75, 3.05) is 18.4 Å². The van der Waals surface area contributed by atoms with Crippen molar-refractivity contribution in [3.05, 3.63) is 64.2 Å². The molecule has 0 saturated carbocycles. The van der Waals surface area contributed by atoms with Gasteiger partial charge in [0.05, 0.1) is 10.7 Å². The molecule has 23 heavy (non-hydrogen) atoms. The molecule has 2 aromatic carbocycles. The summed E-state index contributed by atoms with van der Waals surface area (Å²) in [6, 6.07) is 13.5. The standard InChI is InChI=1S/C19H21ClN2O/c1-13-2-7-17(20)18(10-13)22-19(23)16-5-3-14(4-6-16)11-15-8-9-21-12-15/h2-7,10,15,21H,8-9,11-12H2,1H3,(H,22,23). The number of benzene rings is 2. The first-order valence-electron chi connectivity index (χ1n) is 7.99. The van der Waals surface area contributed by atoms with Crippen molar-refractivity contribution in [3.63, 3.8) is 0 Å². The van der Waals surface area contributed by atoms with Crippen LogP contribution in [-0.4, -0.2) is 19.0 Å². The molecule has 0 bridgehead atoms. The molecular weight excluding hydrogens is 308 g/mol. The second-order valence-corrected chi connectivity index (χ2v) is 6.60. The Bertz CT molecular complexity index is 691. The predicted molar refractivity (Wildman–Crippen MR) is 95.3 cm³/mol. The Morgan fingerprint density at radius 2 is 2.04 bits per heavy atom. The zero-order chi connectivity index (χ0) is 16.2. The van der Waals surface area contributed by atoms with Crippen LogP contribution in [0.5, 0.6) is 0 Å². The number of rotatable bonds is 4. The smallest absolute Gasteiger partial charge is 0.255 e. The lowest BCUT2D eigenvalue weighted by atomic mass is 9.98. The van der Waals surface area contributed by atoms with Crippen molar-refractivity contribution < 1.29 is 4.79 Å². The van der Waals surface area contributed by atoms with Gasteiger partial charge in [-0.3, -0.25) is 4.79 Å². The Balaban J connectivity index is 1.66. The lowest BCUT2D eigenvalue weighted by molar-refractivity contribution is 0.102. The fourth-order valence-corrected chi connectivity index (χ4v) is 3.11. The van der Waals surface area contributed by atoms with Crippen LogP contribution in [0, 0.1) is 12.8 Å². The van der Waals surface area contributed by atoms with Gasteiger partial charge in [0.15, 0.2) is 0 Å². The van der Waals surface area contributed by atoms with E-state index in [1.54, 1.807) is 6.07 Å². The molecule has 0 aromatic heterocycles. The van der Waals surface area contributed by atoms with Crippen molar-refractivity contribution >= 4 is 23.2 Å². The number of aryl methyl sites for hydroxylation is 1. The first-order chi connectivity index (χ1) is 11.1. The summed E-state index contributed by atoms with van der Waals surface area (Å²) in [7, 11) is 0. The molecule has 120 valence electrons. The fraction of sp³-hybridized carbons (Fsp3) is 0.316. The number of hydrogen-bond acceptors (Lipinski definition) is 2. The normalized spacial score (nSPS) is 17.2. The molecule has 1 unspecified atom stereocenters. The number of halogens is 1. The van der Waals surface area contributed by atoms with Gasteiger partial charge in [-0.05, 0) is 74.2 Å². The molecule has 1 saturated heterocycles. The molecular formula is C19H21ClN2O. The highest BCUT2D eigenvalue weighted by Gasteiger charge is 2.15. The molecule has 1 atom stereocenters. The molecule has 0 spiro atoms. The lowest BCUT2D eigenvalue weighted by Gasteiger charge is -2.10. The van der Waals surface area contributed by atoms with Gasteiger partial charge in [0, 0.05) is 5.56 Å². The maximum atomic E-state index is 12.4. The Hall–Kier alpha value is -1.84. The fourth-order valence-electron chi connectivity index (χ4n) is 2.94. The highest BCUT2D eigenvalue weighted by Crippen LogP contribution is 2.23. The van der Waals surface area contributed by atoms with Gasteiger partial charge in [-0.2, -0.15) is 0 Å². The summed E-state index contributed by atoms with van der Waals surface area (Å²) in [5.74, 6) is 0.576. The molecule has 2 aromatic rings. The van der Waals surface area contributed by atoms with Crippen molar-refractivity contribution in [3.8, 4) is 0 Å². The van der Waals surface area contributed by atoms with Crippen LogP contribution >= 0.6 is 11.6 Å². The van der Waals surface area contributed by atoms with Crippen LogP contribution in [0.25, 0.3) is 0 Å². The van der Waals surface area contributed by atoms with E-state index >= 15 is 0 Å². The third-order valence-electron chi connectivity index (χ3n) is 4.27. The number of anilines is 1. The van der Waals surface area contributed by atoms with Crippen molar-refractivity contribution in [1.82, 2.24) is 5.32 Å². The lowest BCUT2D eigenvalue weighted by Crippen LogP contribution is -2.13. The molecule has 1 heterocycles. The zero-order valence-electron chi connectivity index (χ0n) is 13.2. The molecule has 3 nitrogen and oxygen atoms in total. The van der Waals surface area contributed by atoms with Gasteiger partial charge in [-0.1, -0.05) is 29.8 Å². The topological polar surface area (TPSA) is 41.1 Å². The zero-order valence-corrected chi connectivity index (χ0v) is 14.0. The van der Waals surface area contributed by atoms with E-state index in [0.717, 1.165) is 25.1 Å². The van der Waals surface area contributed by atoms with Crippen molar-refractivity contribution in [2.24, 2.45) is 5.92 Å². The van der Waals surface area contributed by atoms with Gasteiger partial charge in [0.2, 0.25) is 0 Å².